The highest BCUT2D eigenvalue weighted by Crippen LogP contribution is 2.16. The topological polar surface area (TPSA) is 78.9 Å². The predicted molar refractivity (Wildman–Crippen MR) is 343 cm³/mol. The number of unbranched alkanes of at least 4 members (excludes halogenated alkanes) is 28. The second-order valence-electron chi connectivity index (χ2n) is 21.6. The molecule has 0 aliphatic heterocycles. The maximum absolute atomic E-state index is 12.9. The Morgan fingerprint density at radius 3 is 0.785 bits per heavy atom. The minimum absolute atomic E-state index is 0.0925. The monoisotopic (exact) mass is 1090 g/mol. The Morgan fingerprint density at radius 2 is 0.494 bits per heavy atom. The zero-order chi connectivity index (χ0) is 57.1. The molecule has 0 aromatic carbocycles. The van der Waals surface area contributed by atoms with Crippen molar-refractivity contribution in [3.8, 4) is 0 Å². The van der Waals surface area contributed by atoms with E-state index in [4.69, 9.17) is 14.2 Å². The van der Waals surface area contributed by atoms with Crippen LogP contribution in [-0.4, -0.2) is 37.2 Å². The molecule has 0 amide bonds. The van der Waals surface area contributed by atoms with Gasteiger partial charge >= 0.3 is 17.9 Å². The van der Waals surface area contributed by atoms with Crippen LogP contribution in [0, 0.1) is 0 Å². The Morgan fingerprint density at radius 1 is 0.266 bits per heavy atom. The first-order chi connectivity index (χ1) is 39.0. The summed E-state index contributed by atoms with van der Waals surface area (Å²) in [7, 11) is 0. The summed E-state index contributed by atoms with van der Waals surface area (Å²) in [6.07, 6.45) is 92.4. The standard InChI is InChI=1S/C73H122O6/c1-4-7-10-13-16-18-20-22-24-26-28-30-32-34-35-36-37-39-40-42-44-46-48-50-52-54-57-60-63-66-72(75)78-69-70(68-77-71(74)65-62-59-56-15-12-9-6-3)79-73(76)67-64-61-58-55-53-51-49-47-45-43-41-38-33-31-29-27-25-23-21-19-17-14-11-8-5-2/h8,11,17,19-20,22-23,25-26,28-29,31-32,34,38,41,45,47,51,53,70H,4-7,9-10,12-16,18,21,24,27,30,33,35-37,39-40,42-44,46,48-50,52,54-69H2,1-3H3/b11-8-,19-17-,22-20-,25-23-,28-26-,31-29-,34-32-,41-38-,47-45-,53-51-. The highest BCUT2D eigenvalue weighted by Gasteiger charge is 2.19. The van der Waals surface area contributed by atoms with Gasteiger partial charge in [-0.05, 0) is 116 Å². The zero-order valence-electron chi connectivity index (χ0n) is 51.6. The number of ether oxygens (including phenoxy) is 3. The van der Waals surface area contributed by atoms with E-state index in [9.17, 15) is 14.4 Å². The molecular weight excluding hydrogens is 973 g/mol. The van der Waals surface area contributed by atoms with Crippen LogP contribution in [-0.2, 0) is 28.6 Å². The van der Waals surface area contributed by atoms with Gasteiger partial charge < -0.3 is 14.2 Å². The molecule has 0 aromatic rings. The van der Waals surface area contributed by atoms with Crippen molar-refractivity contribution in [2.75, 3.05) is 13.2 Å². The van der Waals surface area contributed by atoms with Crippen LogP contribution in [0.3, 0.4) is 0 Å². The normalized spacial score (nSPS) is 12.9. The Balaban J connectivity index is 4.19. The molecule has 6 nitrogen and oxygen atoms in total. The molecule has 0 heterocycles. The highest BCUT2D eigenvalue weighted by molar-refractivity contribution is 5.71. The molecule has 0 aliphatic carbocycles. The molecule has 0 saturated carbocycles. The first-order valence-corrected chi connectivity index (χ1v) is 33.0. The van der Waals surface area contributed by atoms with Crippen LogP contribution in [0.4, 0.5) is 0 Å². The number of carbonyl (C=O) groups excluding carboxylic acids is 3. The van der Waals surface area contributed by atoms with Gasteiger partial charge in [-0.15, -0.1) is 0 Å². The summed E-state index contributed by atoms with van der Waals surface area (Å²) < 4.78 is 16.8. The fourth-order valence-corrected chi connectivity index (χ4v) is 9.02. The molecule has 0 aliphatic rings. The minimum Gasteiger partial charge on any atom is -0.462 e. The quantitative estimate of drug-likeness (QED) is 0.0261. The maximum Gasteiger partial charge on any atom is 0.306 e. The largest absolute Gasteiger partial charge is 0.462 e. The van der Waals surface area contributed by atoms with Crippen molar-refractivity contribution in [3.05, 3.63) is 122 Å². The van der Waals surface area contributed by atoms with E-state index >= 15 is 0 Å². The summed E-state index contributed by atoms with van der Waals surface area (Å²) in [5.41, 5.74) is 0. The van der Waals surface area contributed by atoms with E-state index in [1.807, 2.05) is 0 Å². The Hall–Kier alpha value is -4.19. The average molecular weight is 1100 g/mol. The van der Waals surface area contributed by atoms with Gasteiger partial charge in [-0.1, -0.05) is 290 Å². The van der Waals surface area contributed by atoms with Crippen LogP contribution >= 0.6 is 0 Å². The lowest BCUT2D eigenvalue weighted by Gasteiger charge is -2.18. The van der Waals surface area contributed by atoms with Crippen LogP contribution in [0.5, 0.6) is 0 Å². The second-order valence-corrected chi connectivity index (χ2v) is 21.6. The van der Waals surface area contributed by atoms with Gasteiger partial charge in [0, 0.05) is 19.3 Å². The molecule has 0 bridgehead atoms. The van der Waals surface area contributed by atoms with E-state index in [0.29, 0.717) is 12.8 Å². The van der Waals surface area contributed by atoms with Gasteiger partial charge in [0.15, 0.2) is 6.10 Å². The molecule has 1 unspecified atom stereocenters. The summed E-state index contributed by atoms with van der Waals surface area (Å²) in [6.45, 7) is 6.46. The van der Waals surface area contributed by atoms with Gasteiger partial charge in [-0.25, -0.2) is 0 Å². The van der Waals surface area contributed by atoms with Gasteiger partial charge in [0.1, 0.15) is 13.2 Å². The van der Waals surface area contributed by atoms with E-state index in [2.05, 4.69) is 142 Å². The van der Waals surface area contributed by atoms with E-state index < -0.39 is 6.10 Å². The molecule has 450 valence electrons. The van der Waals surface area contributed by atoms with Crippen molar-refractivity contribution < 1.29 is 28.6 Å². The van der Waals surface area contributed by atoms with Crippen LogP contribution in [0.15, 0.2) is 122 Å². The summed E-state index contributed by atoms with van der Waals surface area (Å²) in [5, 5.41) is 0. The molecule has 0 N–H and O–H groups in total. The van der Waals surface area contributed by atoms with Gasteiger partial charge in [0.25, 0.3) is 0 Å². The molecule has 0 saturated heterocycles. The van der Waals surface area contributed by atoms with Crippen molar-refractivity contribution >= 4 is 17.9 Å². The van der Waals surface area contributed by atoms with E-state index in [0.717, 1.165) is 122 Å². The molecule has 79 heavy (non-hydrogen) atoms. The van der Waals surface area contributed by atoms with Crippen molar-refractivity contribution in [1.82, 2.24) is 0 Å². The van der Waals surface area contributed by atoms with Crippen molar-refractivity contribution in [1.29, 1.82) is 0 Å². The second kappa shape index (κ2) is 66.3. The summed E-state index contributed by atoms with van der Waals surface area (Å²) in [6, 6.07) is 0. The van der Waals surface area contributed by atoms with E-state index in [-0.39, 0.29) is 37.5 Å². The molecule has 0 fully saturated rings. The van der Waals surface area contributed by atoms with Crippen LogP contribution in [0.2, 0.25) is 0 Å². The van der Waals surface area contributed by atoms with Crippen molar-refractivity contribution in [3.63, 3.8) is 0 Å². The molecule has 0 spiro atoms. The minimum atomic E-state index is -0.797. The smallest absolute Gasteiger partial charge is 0.306 e. The molecule has 0 aromatic heterocycles. The van der Waals surface area contributed by atoms with Crippen LogP contribution < -0.4 is 0 Å². The van der Waals surface area contributed by atoms with E-state index in [1.165, 1.54) is 141 Å². The number of hydrogen-bond donors (Lipinski definition) is 0. The van der Waals surface area contributed by atoms with Gasteiger partial charge in [0.05, 0.1) is 0 Å². The van der Waals surface area contributed by atoms with Crippen LogP contribution in [0.1, 0.15) is 303 Å². The SMILES string of the molecule is CC/C=C\C/C=C\C/C=C\C/C=C\C/C=C\C/C=C\C/C=C\CCCCCC(=O)OC(COC(=O)CCCCCCCCC)COC(=O)CCCCCCCCCCCCCCCC/C=C\C/C=C\C/C=C\CCCCCCC. The average Bonchev–Trinajstić information content (AvgIpc) is 3.45. The van der Waals surface area contributed by atoms with Crippen molar-refractivity contribution in [2.24, 2.45) is 0 Å². The fourth-order valence-electron chi connectivity index (χ4n) is 9.02. The molecule has 0 radical (unpaired) electrons. The lowest BCUT2D eigenvalue weighted by molar-refractivity contribution is -0.167. The molecule has 1 atom stereocenters. The number of hydrogen-bond acceptors (Lipinski definition) is 6. The highest BCUT2D eigenvalue weighted by atomic mass is 16.6. The molecule has 0 rings (SSSR count). The predicted octanol–water partition coefficient (Wildman–Crippen LogP) is 22.8. The number of carbonyl (C=O) groups is 3. The first-order valence-electron chi connectivity index (χ1n) is 33.0. The number of rotatable bonds is 59. The Labute approximate surface area is 488 Å². The summed E-state index contributed by atoms with van der Waals surface area (Å²) in [5.74, 6) is -0.929. The summed E-state index contributed by atoms with van der Waals surface area (Å²) >= 11 is 0. The lowest BCUT2D eigenvalue weighted by Crippen LogP contribution is -2.30. The third-order valence-electron chi connectivity index (χ3n) is 14.0. The van der Waals surface area contributed by atoms with Crippen LogP contribution in [0.25, 0.3) is 0 Å². The Bertz CT molecular complexity index is 1640. The molecule has 6 heteroatoms. The third-order valence-corrected chi connectivity index (χ3v) is 14.0. The van der Waals surface area contributed by atoms with Crippen molar-refractivity contribution in [2.45, 2.75) is 309 Å². The fraction of sp³-hybridized carbons (Fsp3) is 0.685. The van der Waals surface area contributed by atoms with Gasteiger partial charge in [0.2, 0.25) is 0 Å². The van der Waals surface area contributed by atoms with E-state index in [1.54, 1.807) is 0 Å². The third kappa shape index (κ3) is 64.5. The van der Waals surface area contributed by atoms with Gasteiger partial charge in [-0.3, -0.25) is 14.4 Å². The summed E-state index contributed by atoms with van der Waals surface area (Å²) in [4.78, 5) is 38.1. The zero-order valence-corrected chi connectivity index (χ0v) is 51.6. The lowest BCUT2D eigenvalue weighted by atomic mass is 10.0. The molecular formula is C73H122O6. The number of allylic oxidation sites excluding steroid dienone is 20. The number of esters is 3. The first kappa shape index (κ1) is 74.8. The maximum atomic E-state index is 12.9. The van der Waals surface area contributed by atoms with Gasteiger partial charge in [-0.2, -0.15) is 0 Å². The Kier molecular flexibility index (Phi) is 62.8.